The number of nitrogens with zero attached hydrogens (tertiary/aromatic N) is 1. The van der Waals surface area contributed by atoms with Crippen LogP contribution in [0.4, 0.5) is 0 Å². The monoisotopic (exact) mass is 584 g/mol. The van der Waals surface area contributed by atoms with Crippen molar-refractivity contribution in [3.05, 3.63) is 39.5 Å². The maximum Gasteiger partial charge on any atom is 0.247 e. The third kappa shape index (κ3) is 6.95. The first-order valence-corrected chi connectivity index (χ1v) is 13.5. The average molecular weight is 584 g/mol. The molecule has 7 nitrogen and oxygen atoms in total. The lowest BCUT2D eigenvalue weighted by Gasteiger charge is -2.44. The van der Waals surface area contributed by atoms with Crippen molar-refractivity contribution in [3.63, 3.8) is 0 Å². The number of para-hydroxylation sites is 1. The SMILES string of the molecule is CCCC(=O)N(C1CCCCCC1)[C@@H]1CC(C(=O)NCCO)=C[C@H](Oc2ccccc2I)[C@H]1O. The van der Waals surface area contributed by atoms with Crippen LogP contribution in [0.15, 0.2) is 35.9 Å². The first-order chi connectivity index (χ1) is 16.5. The van der Waals surface area contributed by atoms with Gasteiger partial charge in [-0.05, 0) is 60.1 Å². The number of ether oxygens (including phenoxy) is 1. The molecule has 2 aliphatic rings. The van der Waals surface area contributed by atoms with E-state index >= 15 is 0 Å². The Hall–Kier alpha value is -1.65. The molecule has 0 aliphatic heterocycles. The highest BCUT2D eigenvalue weighted by atomic mass is 127. The fourth-order valence-electron chi connectivity index (χ4n) is 4.97. The normalized spacial score (nSPS) is 23.5. The number of amides is 2. The maximum atomic E-state index is 13.4. The average Bonchev–Trinajstić information content (AvgIpc) is 3.11. The highest BCUT2D eigenvalue weighted by molar-refractivity contribution is 14.1. The van der Waals surface area contributed by atoms with Gasteiger partial charge in [-0.15, -0.1) is 0 Å². The van der Waals surface area contributed by atoms with Gasteiger partial charge in [-0.25, -0.2) is 0 Å². The molecule has 188 valence electrons. The molecule has 8 heteroatoms. The number of halogens is 1. The summed E-state index contributed by atoms with van der Waals surface area (Å²) in [4.78, 5) is 28.2. The Morgan fingerprint density at radius 1 is 1.18 bits per heavy atom. The first-order valence-electron chi connectivity index (χ1n) is 12.5. The van der Waals surface area contributed by atoms with Crippen LogP contribution in [-0.4, -0.2) is 64.4 Å². The minimum absolute atomic E-state index is 0.0310. The van der Waals surface area contributed by atoms with Gasteiger partial charge in [0.1, 0.15) is 18.0 Å². The van der Waals surface area contributed by atoms with Crippen molar-refractivity contribution in [2.75, 3.05) is 13.2 Å². The Morgan fingerprint density at radius 3 is 2.53 bits per heavy atom. The zero-order valence-electron chi connectivity index (χ0n) is 19.9. The van der Waals surface area contributed by atoms with E-state index in [1.165, 1.54) is 0 Å². The van der Waals surface area contributed by atoms with Gasteiger partial charge >= 0.3 is 0 Å². The zero-order chi connectivity index (χ0) is 24.5. The summed E-state index contributed by atoms with van der Waals surface area (Å²) in [6.45, 7) is 1.97. The topological polar surface area (TPSA) is 99.1 Å². The lowest BCUT2D eigenvalue weighted by Crippen LogP contribution is -2.58. The summed E-state index contributed by atoms with van der Waals surface area (Å²) in [5, 5.41) is 23.4. The van der Waals surface area contributed by atoms with Crippen molar-refractivity contribution in [1.82, 2.24) is 10.2 Å². The van der Waals surface area contributed by atoms with Gasteiger partial charge in [-0.2, -0.15) is 0 Å². The predicted molar refractivity (Wildman–Crippen MR) is 139 cm³/mol. The van der Waals surface area contributed by atoms with Gasteiger partial charge in [0.05, 0.1) is 16.2 Å². The van der Waals surface area contributed by atoms with E-state index in [4.69, 9.17) is 9.84 Å². The van der Waals surface area contributed by atoms with E-state index in [1.54, 1.807) is 6.08 Å². The molecule has 3 rings (SSSR count). The first kappa shape index (κ1) is 26.9. The highest BCUT2D eigenvalue weighted by Crippen LogP contribution is 2.33. The van der Waals surface area contributed by atoms with Crippen molar-refractivity contribution in [1.29, 1.82) is 0 Å². The Balaban J connectivity index is 1.95. The summed E-state index contributed by atoms with van der Waals surface area (Å²) in [5.41, 5.74) is 0.475. The summed E-state index contributed by atoms with van der Waals surface area (Å²) < 4.78 is 7.11. The molecule has 3 N–H and O–H groups in total. The maximum absolute atomic E-state index is 13.4. The van der Waals surface area contributed by atoms with Crippen LogP contribution in [0.5, 0.6) is 5.75 Å². The molecule has 0 unspecified atom stereocenters. The van der Waals surface area contributed by atoms with Crippen LogP contribution >= 0.6 is 22.6 Å². The van der Waals surface area contributed by atoms with E-state index in [0.717, 1.165) is 48.5 Å². The van der Waals surface area contributed by atoms with Crippen LogP contribution in [0.2, 0.25) is 0 Å². The molecular formula is C26H37IN2O5. The van der Waals surface area contributed by atoms with E-state index in [2.05, 4.69) is 27.9 Å². The predicted octanol–water partition coefficient (Wildman–Crippen LogP) is 3.56. The van der Waals surface area contributed by atoms with Crippen molar-refractivity contribution in [2.24, 2.45) is 0 Å². The number of hydrogen-bond acceptors (Lipinski definition) is 5. The van der Waals surface area contributed by atoms with Crippen LogP contribution in [0.25, 0.3) is 0 Å². The molecule has 0 saturated heterocycles. The minimum Gasteiger partial charge on any atom is -0.482 e. The fraction of sp³-hybridized carbons (Fsp3) is 0.615. The van der Waals surface area contributed by atoms with Crippen molar-refractivity contribution in [3.8, 4) is 5.75 Å². The second kappa shape index (κ2) is 13.4. The molecule has 0 bridgehead atoms. The molecular weight excluding hydrogens is 547 g/mol. The molecule has 3 atom stereocenters. The molecule has 1 aromatic carbocycles. The molecule has 2 amide bonds. The molecule has 34 heavy (non-hydrogen) atoms. The van der Waals surface area contributed by atoms with Gasteiger partial charge in [0.2, 0.25) is 11.8 Å². The molecule has 0 heterocycles. The van der Waals surface area contributed by atoms with Gasteiger partial charge in [0, 0.05) is 31.0 Å². The number of hydrogen-bond donors (Lipinski definition) is 3. The smallest absolute Gasteiger partial charge is 0.247 e. The van der Waals surface area contributed by atoms with Gasteiger partial charge in [-0.3, -0.25) is 9.59 Å². The Morgan fingerprint density at radius 2 is 1.88 bits per heavy atom. The largest absolute Gasteiger partial charge is 0.482 e. The number of benzene rings is 1. The Labute approximate surface area is 216 Å². The third-order valence-electron chi connectivity index (χ3n) is 6.64. The van der Waals surface area contributed by atoms with Gasteiger partial charge in [0.15, 0.2) is 0 Å². The summed E-state index contributed by atoms with van der Waals surface area (Å²) in [6.07, 6.45) is 7.61. The quantitative estimate of drug-likeness (QED) is 0.305. The van der Waals surface area contributed by atoms with E-state index < -0.39 is 18.2 Å². The standard InChI is InChI=1S/C26H37IN2O5/c1-2-9-24(31)29(19-10-5-3-4-6-11-19)21-16-18(26(33)28-14-15-30)17-23(25(21)32)34-22-13-8-7-12-20(22)27/h7-8,12-13,17,19,21,23,25,30,32H,2-6,9-11,14-16H2,1H3,(H,28,33)/t21-,23+,25+/m1/s1. The van der Waals surface area contributed by atoms with Gasteiger partial charge in [0.25, 0.3) is 0 Å². The summed E-state index contributed by atoms with van der Waals surface area (Å²) in [6, 6.07) is 7.04. The van der Waals surface area contributed by atoms with E-state index in [-0.39, 0.29) is 37.4 Å². The van der Waals surface area contributed by atoms with Crippen molar-refractivity contribution in [2.45, 2.75) is 89.0 Å². The number of carbonyl (C=O) groups is 2. The second-order valence-electron chi connectivity index (χ2n) is 9.14. The van der Waals surface area contributed by atoms with Crippen LogP contribution in [0, 0.1) is 3.57 Å². The number of aliphatic hydroxyl groups is 2. The molecule has 0 aromatic heterocycles. The van der Waals surface area contributed by atoms with Crippen LogP contribution < -0.4 is 10.1 Å². The lowest BCUT2D eigenvalue weighted by molar-refractivity contribution is -0.142. The van der Waals surface area contributed by atoms with E-state index in [1.807, 2.05) is 36.1 Å². The lowest BCUT2D eigenvalue weighted by atomic mass is 9.86. The van der Waals surface area contributed by atoms with E-state index in [9.17, 15) is 14.7 Å². The number of aliphatic hydroxyl groups excluding tert-OH is 2. The molecule has 1 saturated carbocycles. The second-order valence-corrected chi connectivity index (χ2v) is 10.3. The molecule has 1 aromatic rings. The molecule has 0 spiro atoms. The summed E-state index contributed by atoms with van der Waals surface area (Å²) in [5.74, 6) is 0.356. The zero-order valence-corrected chi connectivity index (χ0v) is 22.1. The molecule has 1 fully saturated rings. The van der Waals surface area contributed by atoms with Gasteiger partial charge < -0.3 is 25.2 Å². The third-order valence-corrected chi connectivity index (χ3v) is 7.53. The molecule has 2 aliphatic carbocycles. The van der Waals surface area contributed by atoms with Crippen LogP contribution in [0.1, 0.15) is 64.7 Å². The number of carbonyl (C=O) groups excluding carboxylic acids is 2. The van der Waals surface area contributed by atoms with Crippen LogP contribution in [0.3, 0.4) is 0 Å². The van der Waals surface area contributed by atoms with E-state index in [0.29, 0.717) is 17.7 Å². The summed E-state index contributed by atoms with van der Waals surface area (Å²) >= 11 is 2.18. The van der Waals surface area contributed by atoms with Crippen LogP contribution in [-0.2, 0) is 9.59 Å². The molecule has 0 radical (unpaired) electrons. The number of rotatable bonds is 9. The number of nitrogens with one attached hydrogen (secondary N) is 1. The summed E-state index contributed by atoms with van der Waals surface area (Å²) in [7, 11) is 0. The fourth-order valence-corrected chi connectivity index (χ4v) is 5.49. The highest BCUT2D eigenvalue weighted by Gasteiger charge is 2.42. The van der Waals surface area contributed by atoms with Gasteiger partial charge in [-0.1, -0.05) is 44.7 Å². The Bertz CT molecular complexity index is 853. The minimum atomic E-state index is -0.963. The Kier molecular flexibility index (Phi) is 10.7. The van der Waals surface area contributed by atoms with Crippen molar-refractivity contribution < 1.29 is 24.5 Å². The van der Waals surface area contributed by atoms with Crippen molar-refractivity contribution >= 4 is 34.4 Å².